The number of nitrogens with two attached hydrogens (primary N) is 1. The summed E-state index contributed by atoms with van der Waals surface area (Å²) in [6.07, 6.45) is 0. The summed E-state index contributed by atoms with van der Waals surface area (Å²) < 4.78 is 0. The van der Waals surface area contributed by atoms with Crippen LogP contribution in [-0.2, 0) is 9.59 Å². The van der Waals surface area contributed by atoms with Crippen molar-refractivity contribution in [3.05, 3.63) is 34.9 Å². The number of nitrogens with one attached hydrogen (secondary N) is 2. The van der Waals surface area contributed by atoms with E-state index in [1.165, 1.54) is 5.56 Å². The molecule has 0 bridgehead atoms. The first-order valence-corrected chi connectivity index (χ1v) is 6.27. The molecule has 0 spiro atoms. The molecule has 1 atom stereocenters. The SMILES string of the molecule is Cc1ccc(C(C)NC(=O)CNC(=O)CN)c(C)c1. The van der Waals surface area contributed by atoms with Crippen LogP contribution >= 0.6 is 0 Å². The monoisotopic (exact) mass is 263 g/mol. The van der Waals surface area contributed by atoms with Gasteiger partial charge in [0.25, 0.3) is 0 Å². The Morgan fingerprint density at radius 2 is 1.95 bits per heavy atom. The molecule has 0 saturated heterocycles. The van der Waals surface area contributed by atoms with E-state index >= 15 is 0 Å². The van der Waals surface area contributed by atoms with E-state index in [1.807, 2.05) is 32.9 Å². The van der Waals surface area contributed by atoms with Gasteiger partial charge in [0, 0.05) is 0 Å². The minimum atomic E-state index is -0.339. The summed E-state index contributed by atoms with van der Waals surface area (Å²) in [5.74, 6) is -0.566. The van der Waals surface area contributed by atoms with Crippen molar-refractivity contribution in [1.82, 2.24) is 10.6 Å². The summed E-state index contributed by atoms with van der Waals surface area (Å²) in [7, 11) is 0. The molecule has 2 amide bonds. The quantitative estimate of drug-likeness (QED) is 0.725. The molecule has 4 N–H and O–H groups in total. The summed E-state index contributed by atoms with van der Waals surface area (Å²) in [6.45, 7) is 5.80. The van der Waals surface area contributed by atoms with Gasteiger partial charge in [-0.1, -0.05) is 23.8 Å². The Hall–Kier alpha value is -1.88. The number of amides is 2. The van der Waals surface area contributed by atoms with Crippen LogP contribution in [0.3, 0.4) is 0 Å². The lowest BCUT2D eigenvalue weighted by Gasteiger charge is -2.17. The van der Waals surface area contributed by atoms with Crippen molar-refractivity contribution in [3.8, 4) is 0 Å². The predicted molar refractivity (Wildman–Crippen MR) is 74.5 cm³/mol. The molecule has 0 radical (unpaired) electrons. The number of carbonyl (C=O) groups excluding carboxylic acids is 2. The van der Waals surface area contributed by atoms with Gasteiger partial charge in [0.1, 0.15) is 0 Å². The van der Waals surface area contributed by atoms with Crippen LogP contribution in [-0.4, -0.2) is 24.9 Å². The van der Waals surface area contributed by atoms with Crippen molar-refractivity contribution >= 4 is 11.8 Å². The average Bonchev–Trinajstić information content (AvgIpc) is 2.35. The van der Waals surface area contributed by atoms with Crippen LogP contribution in [0.25, 0.3) is 0 Å². The molecule has 0 heterocycles. The van der Waals surface area contributed by atoms with Crippen LogP contribution in [0.2, 0.25) is 0 Å². The van der Waals surface area contributed by atoms with Gasteiger partial charge in [0.05, 0.1) is 19.1 Å². The number of hydrogen-bond acceptors (Lipinski definition) is 3. The van der Waals surface area contributed by atoms with Gasteiger partial charge in [-0.2, -0.15) is 0 Å². The minimum Gasteiger partial charge on any atom is -0.348 e. The van der Waals surface area contributed by atoms with Crippen LogP contribution in [0, 0.1) is 13.8 Å². The van der Waals surface area contributed by atoms with Crippen molar-refractivity contribution in [2.24, 2.45) is 5.73 Å². The fourth-order valence-electron chi connectivity index (χ4n) is 1.93. The molecule has 0 saturated carbocycles. The van der Waals surface area contributed by atoms with Gasteiger partial charge >= 0.3 is 0 Å². The molecule has 1 unspecified atom stereocenters. The molecule has 0 fully saturated rings. The molecule has 1 rings (SSSR count). The summed E-state index contributed by atoms with van der Waals surface area (Å²) in [6, 6.07) is 6.01. The standard InChI is InChI=1S/C14H21N3O2/c1-9-4-5-12(10(2)6-9)11(3)17-14(19)8-16-13(18)7-15/h4-6,11H,7-8,15H2,1-3H3,(H,16,18)(H,17,19). The maximum atomic E-state index is 11.7. The molecule has 5 nitrogen and oxygen atoms in total. The van der Waals surface area contributed by atoms with Crippen LogP contribution in [0.5, 0.6) is 0 Å². The van der Waals surface area contributed by atoms with E-state index in [0.717, 1.165) is 11.1 Å². The molecule has 0 aromatic heterocycles. The van der Waals surface area contributed by atoms with Crippen LogP contribution < -0.4 is 16.4 Å². The van der Waals surface area contributed by atoms with Crippen molar-refractivity contribution in [1.29, 1.82) is 0 Å². The molecule has 1 aromatic rings. The van der Waals surface area contributed by atoms with Gasteiger partial charge < -0.3 is 16.4 Å². The topological polar surface area (TPSA) is 84.2 Å². The first-order valence-electron chi connectivity index (χ1n) is 6.27. The Labute approximate surface area is 113 Å². The van der Waals surface area contributed by atoms with Gasteiger partial charge in [-0.25, -0.2) is 0 Å². The highest BCUT2D eigenvalue weighted by Crippen LogP contribution is 2.18. The third kappa shape index (κ3) is 4.71. The number of carbonyl (C=O) groups is 2. The summed E-state index contributed by atoms with van der Waals surface area (Å²) >= 11 is 0. The lowest BCUT2D eigenvalue weighted by Crippen LogP contribution is -2.40. The number of rotatable bonds is 5. The van der Waals surface area contributed by atoms with E-state index in [-0.39, 0.29) is 30.9 Å². The Morgan fingerprint density at radius 3 is 2.53 bits per heavy atom. The van der Waals surface area contributed by atoms with E-state index in [0.29, 0.717) is 0 Å². The van der Waals surface area contributed by atoms with Gasteiger partial charge in [-0.05, 0) is 31.9 Å². The molecular formula is C14H21N3O2. The third-order valence-corrected chi connectivity index (χ3v) is 2.90. The van der Waals surface area contributed by atoms with Gasteiger partial charge in [-0.3, -0.25) is 9.59 Å². The number of benzene rings is 1. The Bertz CT molecular complexity index is 472. The van der Waals surface area contributed by atoms with E-state index in [4.69, 9.17) is 5.73 Å². The molecule has 0 aliphatic rings. The Kier molecular flexibility index (Phi) is 5.51. The summed E-state index contributed by atoms with van der Waals surface area (Å²) in [5.41, 5.74) is 8.54. The fourth-order valence-corrected chi connectivity index (χ4v) is 1.93. The average molecular weight is 263 g/mol. The normalized spacial score (nSPS) is 11.8. The highest BCUT2D eigenvalue weighted by molar-refractivity contribution is 5.85. The summed E-state index contributed by atoms with van der Waals surface area (Å²) in [5, 5.41) is 5.28. The molecule has 0 aliphatic carbocycles. The number of hydrogen-bond donors (Lipinski definition) is 3. The molecule has 1 aromatic carbocycles. The van der Waals surface area contributed by atoms with Crippen LogP contribution in [0.4, 0.5) is 0 Å². The second-order valence-electron chi connectivity index (χ2n) is 4.63. The lowest BCUT2D eigenvalue weighted by atomic mass is 10.0. The number of aryl methyl sites for hydroxylation is 2. The van der Waals surface area contributed by atoms with E-state index in [9.17, 15) is 9.59 Å². The smallest absolute Gasteiger partial charge is 0.239 e. The Morgan fingerprint density at radius 1 is 1.26 bits per heavy atom. The molecule has 104 valence electrons. The zero-order valence-corrected chi connectivity index (χ0v) is 11.6. The van der Waals surface area contributed by atoms with Crippen molar-refractivity contribution < 1.29 is 9.59 Å². The Balaban J connectivity index is 2.56. The molecule has 0 aliphatic heterocycles. The maximum Gasteiger partial charge on any atom is 0.239 e. The molecular weight excluding hydrogens is 242 g/mol. The van der Waals surface area contributed by atoms with Crippen molar-refractivity contribution in [2.45, 2.75) is 26.8 Å². The van der Waals surface area contributed by atoms with Gasteiger partial charge in [0.15, 0.2) is 0 Å². The first kappa shape index (κ1) is 15.2. The zero-order valence-electron chi connectivity index (χ0n) is 11.6. The van der Waals surface area contributed by atoms with Crippen molar-refractivity contribution in [3.63, 3.8) is 0 Å². The van der Waals surface area contributed by atoms with Crippen molar-refractivity contribution in [2.75, 3.05) is 13.1 Å². The zero-order chi connectivity index (χ0) is 14.4. The van der Waals surface area contributed by atoms with E-state index < -0.39 is 0 Å². The van der Waals surface area contributed by atoms with Crippen LogP contribution in [0.15, 0.2) is 18.2 Å². The highest BCUT2D eigenvalue weighted by atomic mass is 16.2. The molecule has 5 heteroatoms. The predicted octanol–water partition coefficient (Wildman–Crippen LogP) is 0.556. The minimum absolute atomic E-state index is 0.0503. The van der Waals surface area contributed by atoms with Crippen LogP contribution in [0.1, 0.15) is 29.7 Å². The largest absolute Gasteiger partial charge is 0.348 e. The van der Waals surface area contributed by atoms with Gasteiger partial charge in [0.2, 0.25) is 11.8 Å². The fraction of sp³-hybridized carbons (Fsp3) is 0.429. The molecule has 19 heavy (non-hydrogen) atoms. The van der Waals surface area contributed by atoms with Gasteiger partial charge in [-0.15, -0.1) is 0 Å². The first-order chi connectivity index (χ1) is 8.93. The van der Waals surface area contributed by atoms with E-state index in [2.05, 4.69) is 16.7 Å². The summed E-state index contributed by atoms with van der Waals surface area (Å²) in [4.78, 5) is 22.6. The lowest BCUT2D eigenvalue weighted by molar-refractivity contribution is -0.125. The van der Waals surface area contributed by atoms with E-state index in [1.54, 1.807) is 0 Å². The second kappa shape index (κ2) is 6.89. The highest BCUT2D eigenvalue weighted by Gasteiger charge is 2.12. The second-order valence-corrected chi connectivity index (χ2v) is 4.63. The third-order valence-electron chi connectivity index (χ3n) is 2.90. The maximum absolute atomic E-state index is 11.7.